The minimum Gasteiger partial charge on any atom is -0.285 e. The molecule has 4 heteroatoms. The van der Waals surface area contributed by atoms with Gasteiger partial charge in [0.1, 0.15) is 0 Å². The molecule has 146 valence electrons. The normalized spacial score (nSPS) is 10.9. The van der Waals surface area contributed by atoms with Crippen molar-refractivity contribution >= 4 is 48.1 Å². The van der Waals surface area contributed by atoms with Crippen LogP contribution in [0.5, 0.6) is 0 Å². The van der Waals surface area contributed by atoms with E-state index in [-0.39, 0.29) is 11.0 Å². The van der Waals surface area contributed by atoms with Crippen molar-refractivity contribution in [2.24, 2.45) is 0 Å². The van der Waals surface area contributed by atoms with Gasteiger partial charge in [0.15, 0.2) is 0 Å². The number of rotatable bonds is 7. The first-order valence-corrected chi connectivity index (χ1v) is 12.3. The number of carbonyl (C=O) groups is 2. The highest BCUT2D eigenvalue weighted by atomic mass is 31.1. The quantitative estimate of drug-likeness (QED) is 0.326. The van der Waals surface area contributed by atoms with Crippen molar-refractivity contribution in [2.45, 2.75) is 0 Å². The van der Waals surface area contributed by atoms with E-state index in [2.05, 4.69) is 0 Å². The zero-order chi connectivity index (χ0) is 20.8. The number of benzene rings is 4. The number of carbonyl (C=O) groups excluding carboxylic acids is 2. The predicted molar refractivity (Wildman–Crippen MR) is 128 cm³/mol. The Morgan fingerprint density at radius 3 is 0.767 bits per heavy atom. The maximum Gasteiger partial charge on any atom is 0.233 e. The smallest absolute Gasteiger partial charge is 0.233 e. The first kappa shape index (κ1) is 20.4. The van der Waals surface area contributed by atoms with Gasteiger partial charge >= 0.3 is 0 Å². The van der Waals surface area contributed by atoms with E-state index < -0.39 is 15.8 Å². The first-order valence-electron chi connectivity index (χ1n) is 9.64. The maximum atomic E-state index is 13.7. The van der Waals surface area contributed by atoms with Gasteiger partial charge < -0.3 is 0 Å². The van der Waals surface area contributed by atoms with Crippen LogP contribution in [0, 0.1) is 0 Å². The van der Waals surface area contributed by atoms with Gasteiger partial charge in [0, 0.05) is 15.8 Å². The molecule has 0 radical (unpaired) electrons. The van der Waals surface area contributed by atoms with Crippen LogP contribution in [0.15, 0.2) is 121 Å². The molecule has 0 atom stereocenters. The molecule has 4 aromatic carbocycles. The summed E-state index contributed by atoms with van der Waals surface area (Å²) in [6, 6.07) is 38.6. The summed E-state index contributed by atoms with van der Waals surface area (Å²) < 4.78 is 0. The van der Waals surface area contributed by atoms with Gasteiger partial charge in [-0.1, -0.05) is 121 Å². The van der Waals surface area contributed by atoms with Gasteiger partial charge in [0.2, 0.25) is 11.0 Å². The minimum absolute atomic E-state index is 0.304. The van der Waals surface area contributed by atoms with Gasteiger partial charge in [0.25, 0.3) is 0 Å². The van der Waals surface area contributed by atoms with E-state index in [0.29, 0.717) is 0 Å². The lowest BCUT2D eigenvalue weighted by atomic mass is 10.4. The summed E-state index contributed by atoms with van der Waals surface area (Å²) in [4.78, 5) is 27.5. The Balaban J connectivity index is 1.79. The third-order valence-corrected chi connectivity index (χ3v) is 9.30. The van der Waals surface area contributed by atoms with E-state index in [0.717, 1.165) is 21.2 Å². The lowest BCUT2D eigenvalue weighted by Crippen LogP contribution is -2.28. The summed E-state index contributed by atoms with van der Waals surface area (Å²) >= 11 is 0. The SMILES string of the molecule is O=C(C(=O)P(c1ccccc1)c1ccccc1)P(c1ccccc1)c1ccccc1. The summed E-state index contributed by atoms with van der Waals surface area (Å²) in [7, 11) is -2.87. The van der Waals surface area contributed by atoms with E-state index in [4.69, 9.17) is 0 Å². The minimum atomic E-state index is -1.44. The monoisotopic (exact) mass is 426 g/mol. The lowest BCUT2D eigenvalue weighted by molar-refractivity contribution is -0.126. The molecule has 0 heterocycles. The standard InChI is InChI=1S/C26H20O2P2/c27-25(29(21-13-5-1-6-14-21)22-15-7-2-8-16-22)26(28)30(23-17-9-3-10-18-23)24-19-11-4-12-20-24/h1-20H. The molecule has 0 aliphatic carbocycles. The van der Waals surface area contributed by atoms with Crippen LogP contribution in [-0.4, -0.2) is 11.0 Å². The van der Waals surface area contributed by atoms with E-state index in [1.807, 2.05) is 121 Å². The molecule has 0 saturated heterocycles. The Labute approximate surface area is 179 Å². The molecule has 0 fully saturated rings. The molecule has 0 spiro atoms. The fourth-order valence-electron chi connectivity index (χ4n) is 3.27. The third-order valence-electron chi connectivity index (χ3n) is 4.65. The fraction of sp³-hybridized carbons (Fsp3) is 0. The molecule has 0 aliphatic heterocycles. The van der Waals surface area contributed by atoms with Crippen molar-refractivity contribution in [3.63, 3.8) is 0 Å². The second-order valence-corrected chi connectivity index (χ2v) is 10.8. The van der Waals surface area contributed by atoms with Crippen molar-refractivity contribution in [2.75, 3.05) is 0 Å². The first-order chi connectivity index (χ1) is 14.8. The summed E-state index contributed by atoms with van der Waals surface area (Å²) in [5.74, 6) is 0. The zero-order valence-electron chi connectivity index (χ0n) is 16.3. The molecule has 0 N–H and O–H groups in total. The fourth-order valence-corrected chi connectivity index (χ4v) is 7.66. The van der Waals surface area contributed by atoms with Gasteiger partial charge in [0.05, 0.1) is 0 Å². The Bertz CT molecular complexity index is 943. The molecule has 0 amide bonds. The molecule has 4 rings (SSSR count). The van der Waals surface area contributed by atoms with Crippen LogP contribution < -0.4 is 21.2 Å². The van der Waals surface area contributed by atoms with Crippen molar-refractivity contribution in [3.05, 3.63) is 121 Å². The van der Waals surface area contributed by atoms with E-state index in [9.17, 15) is 9.59 Å². The summed E-state index contributed by atoms with van der Waals surface area (Å²) in [6.45, 7) is 0. The number of hydrogen-bond acceptors (Lipinski definition) is 2. The maximum absolute atomic E-state index is 13.7. The lowest BCUT2D eigenvalue weighted by Gasteiger charge is -2.21. The van der Waals surface area contributed by atoms with Crippen LogP contribution in [0.3, 0.4) is 0 Å². The van der Waals surface area contributed by atoms with E-state index in [1.165, 1.54) is 0 Å². The zero-order valence-corrected chi connectivity index (χ0v) is 18.0. The van der Waals surface area contributed by atoms with Crippen molar-refractivity contribution in [1.82, 2.24) is 0 Å². The van der Waals surface area contributed by atoms with Gasteiger partial charge in [-0.3, -0.25) is 9.59 Å². The molecule has 2 nitrogen and oxygen atoms in total. The molecule has 0 unspecified atom stereocenters. The van der Waals surface area contributed by atoms with Gasteiger partial charge in [-0.25, -0.2) is 0 Å². The van der Waals surface area contributed by atoms with Crippen LogP contribution in [0.4, 0.5) is 0 Å². The van der Waals surface area contributed by atoms with Gasteiger partial charge in [-0.05, 0) is 21.2 Å². The predicted octanol–water partition coefficient (Wildman–Crippen LogP) is 4.31. The Morgan fingerprint density at radius 1 is 0.367 bits per heavy atom. The molecule has 0 aromatic heterocycles. The highest BCUT2D eigenvalue weighted by Gasteiger charge is 2.34. The van der Waals surface area contributed by atoms with Crippen molar-refractivity contribution < 1.29 is 9.59 Å². The van der Waals surface area contributed by atoms with Crippen molar-refractivity contribution in [1.29, 1.82) is 0 Å². The van der Waals surface area contributed by atoms with Crippen LogP contribution >= 0.6 is 15.8 Å². The number of hydrogen-bond donors (Lipinski definition) is 0. The van der Waals surface area contributed by atoms with Gasteiger partial charge in [-0.2, -0.15) is 0 Å². The highest BCUT2D eigenvalue weighted by molar-refractivity contribution is 7.99. The molecule has 30 heavy (non-hydrogen) atoms. The largest absolute Gasteiger partial charge is 0.285 e. The molecular formula is C26H20O2P2. The average molecular weight is 426 g/mol. The van der Waals surface area contributed by atoms with Crippen LogP contribution in [-0.2, 0) is 9.59 Å². The molecular weight excluding hydrogens is 406 g/mol. The highest BCUT2D eigenvalue weighted by Crippen LogP contribution is 2.43. The summed E-state index contributed by atoms with van der Waals surface area (Å²) in [6.07, 6.45) is 0. The second kappa shape index (κ2) is 9.72. The third kappa shape index (κ3) is 4.46. The van der Waals surface area contributed by atoms with E-state index in [1.54, 1.807) is 0 Å². The molecule has 0 saturated carbocycles. The van der Waals surface area contributed by atoms with E-state index >= 15 is 0 Å². The summed E-state index contributed by atoms with van der Waals surface area (Å²) in [5, 5.41) is 3.59. The molecule has 4 aromatic rings. The Kier molecular flexibility index (Phi) is 6.60. The Hall–Kier alpha value is -2.92. The average Bonchev–Trinajstić information content (AvgIpc) is 2.82. The molecule has 0 bridgehead atoms. The van der Waals surface area contributed by atoms with Crippen molar-refractivity contribution in [3.8, 4) is 0 Å². The summed E-state index contributed by atoms with van der Waals surface area (Å²) in [5.41, 5.74) is -0.609. The molecule has 0 aliphatic rings. The van der Waals surface area contributed by atoms with Gasteiger partial charge in [-0.15, -0.1) is 0 Å². The van der Waals surface area contributed by atoms with Crippen LogP contribution in [0.2, 0.25) is 0 Å². The second-order valence-electron chi connectivity index (χ2n) is 6.62. The van der Waals surface area contributed by atoms with Crippen LogP contribution in [0.1, 0.15) is 0 Å². The van der Waals surface area contributed by atoms with Crippen LogP contribution in [0.25, 0.3) is 0 Å². The Morgan fingerprint density at radius 2 is 0.567 bits per heavy atom. The topological polar surface area (TPSA) is 34.1 Å².